The number of furan rings is 2. The summed E-state index contributed by atoms with van der Waals surface area (Å²) >= 11 is 0. The molecule has 0 unspecified atom stereocenters. The minimum atomic E-state index is 0.589. The first-order valence-electron chi connectivity index (χ1n) is 16.9. The first-order chi connectivity index (χ1) is 25.3. The second kappa shape index (κ2) is 10.7. The van der Waals surface area contributed by atoms with E-state index in [4.69, 9.17) is 23.8 Å². The third-order valence-electron chi connectivity index (χ3n) is 9.85. The molecule has 0 saturated heterocycles. The highest BCUT2D eigenvalue weighted by Crippen LogP contribution is 2.41. The number of benzene rings is 7. The molecule has 51 heavy (non-hydrogen) atoms. The maximum Gasteiger partial charge on any atom is 0.164 e. The summed E-state index contributed by atoms with van der Waals surface area (Å²) in [5.74, 6) is 1.84. The molecule has 0 saturated carbocycles. The van der Waals surface area contributed by atoms with Crippen molar-refractivity contribution < 1.29 is 8.83 Å². The van der Waals surface area contributed by atoms with Crippen molar-refractivity contribution in [1.29, 1.82) is 0 Å². The number of rotatable bonds is 4. The van der Waals surface area contributed by atoms with E-state index in [0.29, 0.717) is 17.5 Å². The van der Waals surface area contributed by atoms with E-state index in [1.54, 1.807) is 0 Å². The molecule has 0 spiro atoms. The molecule has 0 fully saturated rings. The molecule has 6 heteroatoms. The molecule has 238 valence electrons. The number of aromatic nitrogens is 4. The molecule has 0 aliphatic heterocycles. The third-order valence-corrected chi connectivity index (χ3v) is 9.85. The lowest BCUT2D eigenvalue weighted by atomic mass is 10.1. The largest absolute Gasteiger partial charge is 0.456 e. The predicted octanol–water partition coefficient (Wildman–Crippen LogP) is 11.8. The maximum absolute atomic E-state index is 6.57. The second-order valence-corrected chi connectivity index (χ2v) is 12.8. The summed E-state index contributed by atoms with van der Waals surface area (Å²) in [7, 11) is 0. The summed E-state index contributed by atoms with van der Waals surface area (Å²) in [6.45, 7) is 0. The van der Waals surface area contributed by atoms with Gasteiger partial charge in [-0.1, -0.05) is 109 Å². The fourth-order valence-corrected chi connectivity index (χ4v) is 7.48. The zero-order chi connectivity index (χ0) is 33.5. The minimum absolute atomic E-state index is 0.589. The van der Waals surface area contributed by atoms with Gasteiger partial charge in [-0.3, -0.25) is 0 Å². The van der Waals surface area contributed by atoms with Gasteiger partial charge in [0.25, 0.3) is 0 Å². The van der Waals surface area contributed by atoms with Crippen LogP contribution in [-0.2, 0) is 0 Å². The Bertz CT molecular complexity index is 3080. The first-order valence-corrected chi connectivity index (χ1v) is 16.9. The molecule has 4 aromatic heterocycles. The summed E-state index contributed by atoms with van der Waals surface area (Å²) in [6, 6.07) is 53.9. The maximum atomic E-state index is 6.57. The van der Waals surface area contributed by atoms with Gasteiger partial charge in [-0.2, -0.15) is 0 Å². The Morgan fingerprint density at radius 3 is 1.73 bits per heavy atom. The molecule has 6 nitrogen and oxygen atoms in total. The monoisotopic (exact) mass is 654 g/mol. The highest BCUT2D eigenvalue weighted by Gasteiger charge is 2.20. The van der Waals surface area contributed by atoms with Crippen molar-refractivity contribution in [2.75, 3.05) is 0 Å². The van der Waals surface area contributed by atoms with Crippen molar-refractivity contribution in [3.8, 4) is 39.9 Å². The van der Waals surface area contributed by atoms with Crippen molar-refractivity contribution in [3.05, 3.63) is 158 Å². The SMILES string of the molecule is c1ccc(-c2nc(-c3ccccc3)nc(-c3ccc4c(c3)oc3ccc(-n5c6ccccc6c6ccc7c8ccccc8oc7c65)cc34)n2)cc1. The van der Waals surface area contributed by atoms with E-state index in [-0.39, 0.29) is 0 Å². The van der Waals surface area contributed by atoms with E-state index in [9.17, 15) is 0 Å². The van der Waals surface area contributed by atoms with Gasteiger partial charge in [-0.05, 0) is 48.5 Å². The highest BCUT2D eigenvalue weighted by atomic mass is 16.3. The number of fused-ring (bicyclic) bond motifs is 10. The van der Waals surface area contributed by atoms with Crippen LogP contribution >= 0.6 is 0 Å². The summed E-state index contributed by atoms with van der Waals surface area (Å²) in [4.78, 5) is 14.7. The molecule has 11 rings (SSSR count). The van der Waals surface area contributed by atoms with Crippen LogP contribution in [0.3, 0.4) is 0 Å². The molecule has 11 aromatic rings. The summed E-state index contributed by atoms with van der Waals surface area (Å²) in [5.41, 5.74) is 9.27. The van der Waals surface area contributed by atoms with Gasteiger partial charge in [0.05, 0.1) is 11.0 Å². The van der Waals surface area contributed by atoms with Crippen molar-refractivity contribution in [3.63, 3.8) is 0 Å². The molecule has 4 heterocycles. The molecule has 0 N–H and O–H groups in total. The van der Waals surface area contributed by atoms with Crippen LogP contribution in [0, 0.1) is 0 Å². The van der Waals surface area contributed by atoms with E-state index >= 15 is 0 Å². The molecule has 0 aliphatic rings. The Morgan fingerprint density at radius 2 is 0.961 bits per heavy atom. The topological polar surface area (TPSA) is 69.9 Å². The van der Waals surface area contributed by atoms with Gasteiger partial charge >= 0.3 is 0 Å². The summed E-state index contributed by atoms with van der Waals surface area (Å²) in [5, 5.41) is 6.60. The third kappa shape index (κ3) is 4.26. The zero-order valence-electron chi connectivity index (χ0n) is 27.1. The van der Waals surface area contributed by atoms with E-state index in [2.05, 4.69) is 83.4 Å². The lowest BCUT2D eigenvalue weighted by Crippen LogP contribution is -2.00. The molecule has 0 amide bonds. The van der Waals surface area contributed by atoms with Crippen LogP contribution in [0.5, 0.6) is 0 Å². The lowest BCUT2D eigenvalue weighted by molar-refractivity contribution is 0.669. The van der Waals surface area contributed by atoms with Crippen LogP contribution in [0.25, 0.3) is 106 Å². The molecule has 0 aliphatic carbocycles. The fraction of sp³-hybridized carbons (Fsp3) is 0. The average Bonchev–Trinajstić information content (AvgIpc) is 3.87. The second-order valence-electron chi connectivity index (χ2n) is 12.8. The van der Waals surface area contributed by atoms with E-state index in [1.165, 1.54) is 5.39 Å². The molecule has 7 aromatic carbocycles. The highest BCUT2D eigenvalue weighted by molar-refractivity contribution is 6.21. The molecular weight excluding hydrogens is 629 g/mol. The normalized spacial score (nSPS) is 11.9. The van der Waals surface area contributed by atoms with E-state index in [1.807, 2.05) is 78.9 Å². The average molecular weight is 655 g/mol. The van der Waals surface area contributed by atoms with Crippen LogP contribution in [0.4, 0.5) is 0 Å². The Morgan fingerprint density at radius 1 is 0.373 bits per heavy atom. The zero-order valence-corrected chi connectivity index (χ0v) is 27.1. The predicted molar refractivity (Wildman–Crippen MR) is 205 cm³/mol. The van der Waals surface area contributed by atoms with Crippen LogP contribution < -0.4 is 0 Å². The van der Waals surface area contributed by atoms with Gasteiger partial charge in [0.1, 0.15) is 16.7 Å². The van der Waals surface area contributed by atoms with Gasteiger partial charge in [-0.25, -0.2) is 15.0 Å². The number of nitrogens with zero attached hydrogens (tertiary/aromatic N) is 4. The molecule has 0 bridgehead atoms. The minimum Gasteiger partial charge on any atom is -0.456 e. The van der Waals surface area contributed by atoms with E-state index in [0.717, 1.165) is 82.7 Å². The van der Waals surface area contributed by atoms with Gasteiger partial charge in [0, 0.05) is 54.7 Å². The Hall–Kier alpha value is -7.05. The van der Waals surface area contributed by atoms with Crippen LogP contribution in [0.2, 0.25) is 0 Å². The number of para-hydroxylation sites is 2. The van der Waals surface area contributed by atoms with Crippen molar-refractivity contribution in [2.24, 2.45) is 0 Å². The van der Waals surface area contributed by atoms with Gasteiger partial charge < -0.3 is 13.4 Å². The van der Waals surface area contributed by atoms with Crippen molar-refractivity contribution >= 4 is 65.7 Å². The molecule has 0 atom stereocenters. The molecule has 0 radical (unpaired) electrons. The van der Waals surface area contributed by atoms with Crippen molar-refractivity contribution in [2.45, 2.75) is 0 Å². The van der Waals surface area contributed by atoms with Crippen LogP contribution in [0.15, 0.2) is 167 Å². The smallest absolute Gasteiger partial charge is 0.164 e. The standard InChI is InChI=1S/C45H26N4O2/c1-3-11-27(12-4-1)43-46-44(28-13-5-2-6-14-28)48-45(47-43)29-19-21-33-36-26-30(20-24-39(36)50-40(33)25-29)49-37-17-9-7-15-31(37)34-22-23-35-32-16-8-10-18-38(32)51-42(35)41(34)49/h1-26H. The number of hydrogen-bond acceptors (Lipinski definition) is 5. The van der Waals surface area contributed by atoms with Crippen LogP contribution in [0.1, 0.15) is 0 Å². The Labute approximate surface area is 290 Å². The Balaban J connectivity index is 1.10. The Kier molecular flexibility index (Phi) is 5.86. The van der Waals surface area contributed by atoms with Gasteiger partial charge in [-0.15, -0.1) is 0 Å². The molecular formula is C45H26N4O2. The number of hydrogen-bond donors (Lipinski definition) is 0. The first kappa shape index (κ1) is 27.9. The summed E-state index contributed by atoms with van der Waals surface area (Å²) in [6.07, 6.45) is 0. The van der Waals surface area contributed by atoms with Gasteiger partial charge in [0.15, 0.2) is 23.1 Å². The summed E-state index contributed by atoms with van der Waals surface area (Å²) < 4.78 is 15.4. The van der Waals surface area contributed by atoms with Crippen molar-refractivity contribution in [1.82, 2.24) is 19.5 Å². The lowest BCUT2D eigenvalue weighted by Gasteiger charge is -2.08. The fourth-order valence-electron chi connectivity index (χ4n) is 7.48. The van der Waals surface area contributed by atoms with Crippen LogP contribution in [-0.4, -0.2) is 19.5 Å². The quantitative estimate of drug-likeness (QED) is 0.189. The van der Waals surface area contributed by atoms with E-state index < -0.39 is 0 Å². The van der Waals surface area contributed by atoms with Gasteiger partial charge in [0.2, 0.25) is 0 Å².